The zero-order valence-corrected chi connectivity index (χ0v) is 19.5. The quantitative estimate of drug-likeness (QED) is 0.548. The van der Waals surface area contributed by atoms with Crippen LogP contribution in [-0.2, 0) is 22.5 Å². The standard InChI is InChI=1S/C17H38O5Si2/c1-13(2)24(14(3)4,17(6,7)8)22-16(18)15(5)12-23(19-9,20-10)21-11/h13-15H,12H2,1-11H3. The molecule has 0 N–H and O–H groups in total. The molecule has 0 heterocycles. The molecule has 0 amide bonds. The van der Waals surface area contributed by atoms with Crippen LogP contribution in [0.1, 0.15) is 55.4 Å². The third-order valence-electron chi connectivity index (χ3n) is 5.05. The first kappa shape index (κ1) is 23.8. The van der Waals surface area contributed by atoms with Crippen LogP contribution in [0.5, 0.6) is 0 Å². The van der Waals surface area contributed by atoms with Gasteiger partial charge in [-0.25, -0.2) is 0 Å². The van der Waals surface area contributed by atoms with E-state index in [1.807, 2.05) is 6.92 Å². The third-order valence-corrected chi connectivity index (χ3v) is 14.3. The highest BCUT2D eigenvalue weighted by atomic mass is 28.4. The molecule has 0 aliphatic heterocycles. The van der Waals surface area contributed by atoms with Crippen molar-refractivity contribution in [1.82, 2.24) is 0 Å². The fraction of sp³-hybridized carbons (Fsp3) is 0.941. The van der Waals surface area contributed by atoms with Crippen LogP contribution in [0.3, 0.4) is 0 Å². The van der Waals surface area contributed by atoms with Crippen molar-refractivity contribution in [3.8, 4) is 0 Å². The minimum absolute atomic E-state index is 0.0387. The summed E-state index contributed by atoms with van der Waals surface area (Å²) in [5, 5.41) is -0.0387. The van der Waals surface area contributed by atoms with E-state index in [-0.39, 0.29) is 16.9 Å². The van der Waals surface area contributed by atoms with Crippen molar-refractivity contribution in [2.24, 2.45) is 5.92 Å². The number of hydrogen-bond donors (Lipinski definition) is 0. The molecule has 0 radical (unpaired) electrons. The minimum atomic E-state index is -2.80. The van der Waals surface area contributed by atoms with Crippen LogP contribution in [0.2, 0.25) is 22.2 Å². The summed E-state index contributed by atoms with van der Waals surface area (Å²) in [6, 6.07) is 0.417. The highest BCUT2D eigenvalue weighted by Crippen LogP contribution is 2.51. The molecular weight excluding hydrogens is 340 g/mol. The molecule has 144 valence electrons. The van der Waals surface area contributed by atoms with E-state index in [0.29, 0.717) is 17.1 Å². The van der Waals surface area contributed by atoms with E-state index < -0.39 is 17.1 Å². The van der Waals surface area contributed by atoms with Gasteiger partial charge in [-0.2, -0.15) is 0 Å². The first-order chi connectivity index (χ1) is 10.8. The Morgan fingerprint density at radius 3 is 1.50 bits per heavy atom. The predicted octanol–water partition coefficient (Wildman–Crippen LogP) is 4.61. The summed E-state index contributed by atoms with van der Waals surface area (Å²) in [5.41, 5.74) is 0.672. The zero-order chi connectivity index (χ0) is 19.3. The molecule has 0 saturated heterocycles. The molecule has 0 aromatic heterocycles. The molecule has 0 saturated carbocycles. The van der Waals surface area contributed by atoms with E-state index in [4.69, 9.17) is 17.7 Å². The first-order valence-corrected chi connectivity index (χ1v) is 12.7. The van der Waals surface area contributed by atoms with E-state index in [1.54, 1.807) is 21.3 Å². The molecule has 0 aromatic carbocycles. The number of carbonyl (C=O) groups is 1. The summed E-state index contributed by atoms with van der Waals surface area (Å²) in [4.78, 5) is 12.9. The molecule has 0 spiro atoms. The summed E-state index contributed by atoms with van der Waals surface area (Å²) in [6.45, 7) is 17.1. The van der Waals surface area contributed by atoms with Crippen molar-refractivity contribution in [2.75, 3.05) is 21.3 Å². The fourth-order valence-corrected chi connectivity index (χ4v) is 12.0. The summed E-state index contributed by atoms with van der Waals surface area (Å²) in [6.07, 6.45) is 0. The van der Waals surface area contributed by atoms with Gasteiger partial charge >= 0.3 is 8.80 Å². The van der Waals surface area contributed by atoms with Gasteiger partial charge in [0.1, 0.15) is 0 Å². The lowest BCUT2D eigenvalue weighted by molar-refractivity contribution is -0.139. The van der Waals surface area contributed by atoms with Crippen LogP contribution in [-0.4, -0.2) is 44.4 Å². The second-order valence-corrected chi connectivity index (χ2v) is 16.8. The van der Waals surface area contributed by atoms with E-state index in [9.17, 15) is 4.79 Å². The maximum atomic E-state index is 12.9. The van der Waals surface area contributed by atoms with Crippen molar-refractivity contribution in [2.45, 2.75) is 77.6 Å². The Labute approximate surface area is 150 Å². The van der Waals surface area contributed by atoms with Crippen molar-refractivity contribution < 1.29 is 22.5 Å². The molecular formula is C17H38O5Si2. The van der Waals surface area contributed by atoms with E-state index in [0.717, 1.165) is 0 Å². The maximum absolute atomic E-state index is 12.9. The number of hydrogen-bond acceptors (Lipinski definition) is 5. The van der Waals surface area contributed by atoms with Crippen molar-refractivity contribution >= 4 is 23.1 Å². The maximum Gasteiger partial charge on any atom is 0.501 e. The summed E-state index contributed by atoms with van der Waals surface area (Å²) >= 11 is 0. The molecule has 5 nitrogen and oxygen atoms in total. The molecule has 0 rings (SSSR count). The Morgan fingerprint density at radius 2 is 1.25 bits per heavy atom. The third kappa shape index (κ3) is 4.91. The van der Waals surface area contributed by atoms with Gasteiger partial charge in [0.2, 0.25) is 0 Å². The van der Waals surface area contributed by atoms with Gasteiger partial charge in [0, 0.05) is 27.4 Å². The van der Waals surface area contributed by atoms with Gasteiger partial charge in [-0.05, 0) is 16.1 Å². The Bertz CT molecular complexity index is 384. The molecule has 0 bridgehead atoms. The SMILES string of the molecule is CO[Si](CC(C)C(=O)O[Si](C(C)C)(C(C)C)C(C)(C)C)(OC)OC. The van der Waals surface area contributed by atoms with Crippen LogP contribution in [0.25, 0.3) is 0 Å². The van der Waals surface area contributed by atoms with Crippen LogP contribution >= 0.6 is 0 Å². The molecule has 7 heteroatoms. The lowest BCUT2D eigenvalue weighted by Crippen LogP contribution is -2.55. The normalized spacial score (nSPS) is 15.0. The molecule has 0 aliphatic carbocycles. The Hall–Kier alpha value is -0.216. The molecule has 1 atom stereocenters. The lowest BCUT2D eigenvalue weighted by Gasteiger charge is -2.47. The van der Waals surface area contributed by atoms with Crippen molar-refractivity contribution in [3.05, 3.63) is 0 Å². The largest absolute Gasteiger partial charge is 0.518 e. The molecule has 0 aromatic rings. The van der Waals surface area contributed by atoms with E-state index >= 15 is 0 Å². The molecule has 1 unspecified atom stereocenters. The summed E-state index contributed by atoms with van der Waals surface area (Å²) < 4.78 is 22.7. The van der Waals surface area contributed by atoms with Gasteiger partial charge in [-0.1, -0.05) is 55.4 Å². The second kappa shape index (κ2) is 8.94. The minimum Gasteiger partial charge on any atom is -0.518 e. The Kier molecular flexibility index (Phi) is 8.86. The number of rotatable bonds is 9. The van der Waals surface area contributed by atoms with Crippen LogP contribution < -0.4 is 0 Å². The van der Waals surface area contributed by atoms with E-state index in [2.05, 4.69) is 48.5 Å². The van der Waals surface area contributed by atoms with Crippen molar-refractivity contribution in [1.29, 1.82) is 0 Å². The van der Waals surface area contributed by atoms with Crippen LogP contribution in [0.15, 0.2) is 0 Å². The Balaban J connectivity index is 5.49. The fourth-order valence-electron chi connectivity index (χ4n) is 4.01. The predicted molar refractivity (Wildman–Crippen MR) is 103 cm³/mol. The zero-order valence-electron chi connectivity index (χ0n) is 17.5. The van der Waals surface area contributed by atoms with Gasteiger partial charge < -0.3 is 17.7 Å². The van der Waals surface area contributed by atoms with Crippen LogP contribution in [0.4, 0.5) is 0 Å². The lowest BCUT2D eigenvalue weighted by atomic mass is 10.2. The van der Waals surface area contributed by atoms with Gasteiger partial charge in [0.15, 0.2) is 0 Å². The average Bonchev–Trinajstić information content (AvgIpc) is 2.47. The first-order valence-electron chi connectivity index (χ1n) is 8.71. The topological polar surface area (TPSA) is 54.0 Å². The smallest absolute Gasteiger partial charge is 0.501 e. The Morgan fingerprint density at radius 1 is 0.875 bits per heavy atom. The van der Waals surface area contributed by atoms with Gasteiger partial charge in [0.05, 0.1) is 5.92 Å². The van der Waals surface area contributed by atoms with Gasteiger partial charge in [-0.3, -0.25) is 4.79 Å². The van der Waals surface area contributed by atoms with E-state index in [1.165, 1.54) is 0 Å². The monoisotopic (exact) mass is 378 g/mol. The van der Waals surface area contributed by atoms with Crippen LogP contribution in [0, 0.1) is 5.92 Å². The molecule has 0 fully saturated rings. The summed E-state index contributed by atoms with van der Waals surface area (Å²) in [5.74, 6) is -0.495. The van der Waals surface area contributed by atoms with Crippen molar-refractivity contribution in [3.63, 3.8) is 0 Å². The average molecular weight is 379 g/mol. The second-order valence-electron chi connectivity index (χ2n) is 8.17. The molecule has 0 aliphatic rings. The van der Waals surface area contributed by atoms with Gasteiger partial charge in [0.25, 0.3) is 14.3 Å². The number of carbonyl (C=O) groups excluding carboxylic acids is 1. The summed E-state index contributed by atoms with van der Waals surface area (Å²) in [7, 11) is -0.455. The highest BCUT2D eigenvalue weighted by molar-refractivity contribution is 6.80. The van der Waals surface area contributed by atoms with Gasteiger partial charge in [-0.15, -0.1) is 0 Å². The molecule has 24 heavy (non-hydrogen) atoms. The highest BCUT2D eigenvalue weighted by Gasteiger charge is 2.55.